The van der Waals surface area contributed by atoms with Gasteiger partial charge in [0.25, 0.3) is 11.6 Å². The van der Waals surface area contributed by atoms with Crippen molar-refractivity contribution in [3.63, 3.8) is 0 Å². The lowest BCUT2D eigenvalue weighted by Crippen LogP contribution is -2.31. The summed E-state index contributed by atoms with van der Waals surface area (Å²) in [5.74, 6) is -1.32. The molecular formula is C16H14N2O5. The molecule has 7 nitrogen and oxygen atoms in total. The third kappa shape index (κ3) is 4.63. The maximum Gasteiger partial charge on any atom is 0.325 e. The van der Waals surface area contributed by atoms with E-state index in [1.807, 2.05) is 18.2 Å². The minimum Gasteiger partial charge on any atom is -0.460 e. The molecule has 0 fully saturated rings. The van der Waals surface area contributed by atoms with Gasteiger partial charge in [-0.15, -0.1) is 0 Å². The van der Waals surface area contributed by atoms with E-state index < -0.39 is 16.8 Å². The van der Waals surface area contributed by atoms with Crippen molar-refractivity contribution in [1.29, 1.82) is 0 Å². The lowest BCUT2D eigenvalue weighted by Gasteiger charge is -2.07. The number of rotatable bonds is 6. The number of hydrogen-bond acceptors (Lipinski definition) is 5. The highest BCUT2D eigenvalue weighted by Gasteiger charge is 2.19. The summed E-state index contributed by atoms with van der Waals surface area (Å²) < 4.78 is 5.00. The van der Waals surface area contributed by atoms with Gasteiger partial charge in [-0.2, -0.15) is 0 Å². The molecule has 2 aromatic rings. The van der Waals surface area contributed by atoms with Crippen molar-refractivity contribution in [1.82, 2.24) is 5.32 Å². The van der Waals surface area contributed by atoms with Gasteiger partial charge in [0, 0.05) is 6.07 Å². The first-order chi connectivity index (χ1) is 11.1. The molecule has 7 heteroatoms. The number of benzene rings is 2. The first kappa shape index (κ1) is 16.2. The van der Waals surface area contributed by atoms with E-state index in [1.54, 1.807) is 12.1 Å². The van der Waals surface area contributed by atoms with Crippen molar-refractivity contribution < 1.29 is 19.2 Å². The molecule has 2 aromatic carbocycles. The quantitative estimate of drug-likeness (QED) is 0.500. The summed E-state index contributed by atoms with van der Waals surface area (Å²) in [5, 5.41) is 13.2. The fourth-order valence-electron chi connectivity index (χ4n) is 1.86. The Morgan fingerprint density at radius 1 is 1.04 bits per heavy atom. The maximum atomic E-state index is 11.9. The van der Waals surface area contributed by atoms with Gasteiger partial charge in [0.05, 0.1) is 4.92 Å². The Kier molecular flexibility index (Phi) is 5.40. The van der Waals surface area contributed by atoms with Crippen LogP contribution in [0.2, 0.25) is 0 Å². The summed E-state index contributed by atoms with van der Waals surface area (Å²) in [6, 6.07) is 14.6. The first-order valence-electron chi connectivity index (χ1n) is 6.79. The number of amides is 1. The Labute approximate surface area is 132 Å². The molecule has 23 heavy (non-hydrogen) atoms. The van der Waals surface area contributed by atoms with Gasteiger partial charge >= 0.3 is 5.97 Å². The molecule has 0 spiro atoms. The van der Waals surface area contributed by atoms with Crippen molar-refractivity contribution in [2.24, 2.45) is 0 Å². The number of para-hydroxylation sites is 1. The van der Waals surface area contributed by atoms with Crippen LogP contribution in [0.5, 0.6) is 0 Å². The molecule has 0 atom stereocenters. The third-order valence-electron chi connectivity index (χ3n) is 2.98. The van der Waals surface area contributed by atoms with Crippen LogP contribution in [-0.4, -0.2) is 23.3 Å². The third-order valence-corrected chi connectivity index (χ3v) is 2.98. The Hall–Kier alpha value is -3.22. The van der Waals surface area contributed by atoms with Crippen LogP contribution in [-0.2, 0) is 16.1 Å². The molecular weight excluding hydrogens is 300 g/mol. The van der Waals surface area contributed by atoms with E-state index in [-0.39, 0.29) is 24.4 Å². The second-order valence-electron chi connectivity index (χ2n) is 4.60. The predicted molar refractivity (Wildman–Crippen MR) is 81.7 cm³/mol. The minimum absolute atomic E-state index is 0.0982. The van der Waals surface area contributed by atoms with Gasteiger partial charge in [0.1, 0.15) is 18.7 Å². The van der Waals surface area contributed by atoms with Crippen molar-refractivity contribution in [3.8, 4) is 0 Å². The number of esters is 1. The van der Waals surface area contributed by atoms with Crippen molar-refractivity contribution >= 4 is 17.6 Å². The lowest BCUT2D eigenvalue weighted by molar-refractivity contribution is -0.385. The molecule has 2 rings (SSSR count). The van der Waals surface area contributed by atoms with Crippen molar-refractivity contribution in [2.75, 3.05) is 6.54 Å². The Morgan fingerprint density at radius 3 is 2.39 bits per heavy atom. The van der Waals surface area contributed by atoms with E-state index in [1.165, 1.54) is 24.3 Å². The maximum absolute atomic E-state index is 11.9. The average Bonchev–Trinajstić information content (AvgIpc) is 2.58. The van der Waals surface area contributed by atoms with Gasteiger partial charge in [-0.3, -0.25) is 19.7 Å². The molecule has 0 aliphatic carbocycles. The van der Waals surface area contributed by atoms with Crippen LogP contribution in [0.15, 0.2) is 54.6 Å². The molecule has 0 radical (unpaired) electrons. The molecule has 1 N–H and O–H groups in total. The average molecular weight is 314 g/mol. The highest BCUT2D eigenvalue weighted by molar-refractivity contribution is 5.99. The summed E-state index contributed by atoms with van der Waals surface area (Å²) in [6.45, 7) is -0.265. The topological polar surface area (TPSA) is 98.5 Å². The smallest absolute Gasteiger partial charge is 0.325 e. The molecule has 0 bridgehead atoms. The van der Waals surface area contributed by atoms with Crippen LogP contribution >= 0.6 is 0 Å². The number of nitrogens with one attached hydrogen (secondary N) is 1. The van der Waals surface area contributed by atoms with E-state index in [9.17, 15) is 19.7 Å². The summed E-state index contributed by atoms with van der Waals surface area (Å²) in [7, 11) is 0. The molecule has 0 saturated heterocycles. The standard InChI is InChI=1S/C16H14N2O5/c19-15(23-11-12-6-2-1-3-7-12)10-17-16(20)13-8-4-5-9-14(13)18(21)22/h1-9H,10-11H2,(H,17,20). The van der Waals surface area contributed by atoms with Crippen LogP contribution in [0.4, 0.5) is 5.69 Å². The zero-order valence-electron chi connectivity index (χ0n) is 12.1. The molecule has 0 aromatic heterocycles. The number of hydrogen-bond donors (Lipinski definition) is 1. The summed E-state index contributed by atoms with van der Waals surface area (Å²) in [5.41, 5.74) is 0.405. The van der Waals surface area contributed by atoms with E-state index >= 15 is 0 Å². The van der Waals surface area contributed by atoms with Crippen LogP contribution in [0, 0.1) is 10.1 Å². The molecule has 0 aliphatic rings. The fraction of sp³-hybridized carbons (Fsp3) is 0.125. The van der Waals surface area contributed by atoms with Gasteiger partial charge in [-0.25, -0.2) is 0 Å². The number of nitro groups is 1. The Morgan fingerprint density at radius 2 is 1.70 bits per heavy atom. The summed E-state index contributed by atoms with van der Waals surface area (Å²) >= 11 is 0. The van der Waals surface area contributed by atoms with Crippen molar-refractivity contribution in [2.45, 2.75) is 6.61 Å². The second kappa shape index (κ2) is 7.69. The predicted octanol–water partition coefficient (Wildman–Crippen LogP) is 2.07. The van der Waals surface area contributed by atoms with Crippen LogP contribution < -0.4 is 5.32 Å². The highest BCUT2D eigenvalue weighted by atomic mass is 16.6. The lowest BCUT2D eigenvalue weighted by atomic mass is 10.1. The number of nitro benzene ring substituents is 1. The summed E-state index contributed by atoms with van der Waals surface area (Å²) in [4.78, 5) is 33.7. The fourth-order valence-corrected chi connectivity index (χ4v) is 1.86. The van der Waals surface area contributed by atoms with Gasteiger partial charge in [-0.1, -0.05) is 42.5 Å². The zero-order chi connectivity index (χ0) is 16.7. The summed E-state index contributed by atoms with van der Waals surface area (Å²) in [6.07, 6.45) is 0. The van der Waals surface area contributed by atoms with Crippen LogP contribution in [0.1, 0.15) is 15.9 Å². The minimum atomic E-state index is -0.700. The number of nitrogens with zero attached hydrogens (tertiary/aromatic N) is 1. The normalized spacial score (nSPS) is 9.91. The molecule has 0 heterocycles. The largest absolute Gasteiger partial charge is 0.460 e. The van der Waals surface area contributed by atoms with E-state index in [4.69, 9.17) is 4.74 Å². The van der Waals surface area contributed by atoms with E-state index in [0.29, 0.717) is 0 Å². The van der Waals surface area contributed by atoms with Gasteiger partial charge in [0.15, 0.2) is 0 Å². The monoisotopic (exact) mass is 314 g/mol. The van der Waals surface area contributed by atoms with Gasteiger partial charge in [-0.05, 0) is 11.6 Å². The van der Waals surface area contributed by atoms with Crippen LogP contribution in [0.25, 0.3) is 0 Å². The molecule has 0 unspecified atom stereocenters. The van der Waals surface area contributed by atoms with Crippen molar-refractivity contribution in [3.05, 3.63) is 75.8 Å². The SMILES string of the molecule is O=C(CNC(=O)c1ccccc1[N+](=O)[O-])OCc1ccccc1. The Balaban J connectivity index is 1.87. The van der Waals surface area contributed by atoms with Gasteiger partial charge in [0.2, 0.25) is 0 Å². The Bertz CT molecular complexity index is 715. The molecule has 1 amide bonds. The zero-order valence-corrected chi connectivity index (χ0v) is 12.1. The number of carbonyl (C=O) groups is 2. The molecule has 0 saturated carbocycles. The number of carbonyl (C=O) groups excluding carboxylic acids is 2. The second-order valence-corrected chi connectivity index (χ2v) is 4.60. The molecule has 118 valence electrons. The van der Waals surface area contributed by atoms with Gasteiger partial charge < -0.3 is 10.1 Å². The highest BCUT2D eigenvalue weighted by Crippen LogP contribution is 2.17. The first-order valence-corrected chi connectivity index (χ1v) is 6.79. The molecule has 0 aliphatic heterocycles. The van der Waals surface area contributed by atoms with Crippen LogP contribution in [0.3, 0.4) is 0 Å². The van der Waals surface area contributed by atoms with E-state index in [0.717, 1.165) is 5.56 Å². The van der Waals surface area contributed by atoms with E-state index in [2.05, 4.69) is 5.32 Å². The number of ether oxygens (including phenoxy) is 1.